The van der Waals surface area contributed by atoms with Crippen molar-refractivity contribution >= 4 is 5.97 Å². The van der Waals surface area contributed by atoms with Crippen LogP contribution in [0.25, 0.3) is 0 Å². The number of aliphatic hydroxyl groups is 1. The number of rotatable bonds is 48. The second kappa shape index (κ2) is 55.2. The van der Waals surface area contributed by atoms with Gasteiger partial charge in [-0.3, -0.25) is 4.79 Å². The maximum atomic E-state index is 12.3. The molecule has 0 heterocycles. The molecule has 0 aromatic carbocycles. The minimum absolute atomic E-state index is 0.185. The Morgan fingerprint density at radius 1 is 0.397 bits per heavy atom. The SMILES string of the molecule is CC/C=C\C/C=C\C/C=C\C/C=C\C/C=C\C/C=C\CCCCCCCCC(=O)OC(CO)COCCCCCCCCCCCCC/C=C\C/C=C\C/C=C\CCCCCCC. The van der Waals surface area contributed by atoms with Crippen molar-refractivity contribution in [1.82, 2.24) is 0 Å². The molecule has 4 nitrogen and oxygen atoms in total. The van der Waals surface area contributed by atoms with Crippen molar-refractivity contribution in [2.24, 2.45) is 0 Å². The number of carbonyl (C=O) groups is 1. The molecule has 0 aromatic heterocycles. The molecular formula is C59H100O4. The van der Waals surface area contributed by atoms with Crippen molar-refractivity contribution in [1.29, 1.82) is 0 Å². The molecule has 1 atom stereocenters. The minimum atomic E-state index is -0.553. The molecule has 360 valence electrons. The summed E-state index contributed by atoms with van der Waals surface area (Å²) in [4.78, 5) is 12.3. The monoisotopic (exact) mass is 873 g/mol. The number of carbonyl (C=O) groups excluding carboxylic acids is 1. The highest BCUT2D eigenvalue weighted by Crippen LogP contribution is 2.14. The molecule has 1 unspecified atom stereocenters. The summed E-state index contributed by atoms with van der Waals surface area (Å²) in [6.07, 6.45) is 80.4. The van der Waals surface area contributed by atoms with Crippen molar-refractivity contribution in [2.75, 3.05) is 19.8 Å². The predicted octanol–water partition coefficient (Wildman–Crippen LogP) is 18.2. The van der Waals surface area contributed by atoms with E-state index in [1.807, 2.05) is 0 Å². The molecule has 0 bridgehead atoms. The summed E-state index contributed by atoms with van der Waals surface area (Å²) in [5, 5.41) is 9.66. The first kappa shape index (κ1) is 60.1. The standard InChI is InChI=1S/C59H100O4/c1-3-5-7-9-11-13-15-17-19-21-23-25-27-29-31-33-35-37-39-41-43-45-47-49-51-53-55-62-57-58(56-60)63-59(61)54-52-50-48-46-44-42-40-38-36-34-32-30-28-26-24-22-20-18-16-14-12-10-8-6-4-2/h6,8,12,14-15,17-18,20-21,23-24,26-27,29-30,32,36,38,58,60H,3-5,7,9-11,13,16,19,22,25,28,31,33-35,37,39-57H2,1-2H3/b8-6-,14-12-,17-15-,20-18-,23-21-,26-24-,29-27-,32-30-,38-36-. The first-order valence-corrected chi connectivity index (χ1v) is 26.5. The number of allylic oxidation sites excluding steroid dienone is 18. The van der Waals surface area contributed by atoms with Crippen molar-refractivity contribution in [3.63, 3.8) is 0 Å². The lowest BCUT2D eigenvalue weighted by atomic mass is 10.1. The summed E-state index contributed by atoms with van der Waals surface area (Å²) < 4.78 is 11.2. The van der Waals surface area contributed by atoms with Crippen LogP contribution >= 0.6 is 0 Å². The highest BCUT2D eigenvalue weighted by molar-refractivity contribution is 5.69. The van der Waals surface area contributed by atoms with Crippen molar-refractivity contribution in [2.45, 2.75) is 238 Å². The molecule has 0 saturated carbocycles. The van der Waals surface area contributed by atoms with Gasteiger partial charge in [-0.25, -0.2) is 0 Å². The Kier molecular flexibility index (Phi) is 52.6. The second-order valence-electron chi connectivity index (χ2n) is 17.2. The van der Waals surface area contributed by atoms with Gasteiger partial charge in [0, 0.05) is 13.0 Å². The van der Waals surface area contributed by atoms with Crippen LogP contribution in [0.15, 0.2) is 109 Å². The van der Waals surface area contributed by atoms with Crippen LogP contribution in [0.5, 0.6) is 0 Å². The van der Waals surface area contributed by atoms with E-state index >= 15 is 0 Å². The number of hydrogen-bond acceptors (Lipinski definition) is 4. The Morgan fingerprint density at radius 2 is 0.714 bits per heavy atom. The van der Waals surface area contributed by atoms with Crippen LogP contribution in [-0.2, 0) is 14.3 Å². The Hall–Kier alpha value is -2.95. The van der Waals surface area contributed by atoms with E-state index in [-0.39, 0.29) is 19.2 Å². The molecule has 1 N–H and O–H groups in total. The van der Waals surface area contributed by atoms with Crippen molar-refractivity contribution in [3.8, 4) is 0 Å². The molecule has 0 fully saturated rings. The fraction of sp³-hybridized carbons (Fsp3) is 0.678. The Morgan fingerprint density at radius 3 is 1.08 bits per heavy atom. The van der Waals surface area contributed by atoms with E-state index in [0.717, 1.165) is 83.5 Å². The third-order valence-electron chi connectivity index (χ3n) is 11.1. The van der Waals surface area contributed by atoms with Gasteiger partial charge in [-0.2, -0.15) is 0 Å². The molecule has 0 rings (SSSR count). The molecule has 0 aliphatic heterocycles. The van der Waals surface area contributed by atoms with Crippen LogP contribution in [0, 0.1) is 0 Å². The zero-order valence-electron chi connectivity index (χ0n) is 41.3. The molecule has 0 aliphatic rings. The maximum absolute atomic E-state index is 12.3. The van der Waals surface area contributed by atoms with Gasteiger partial charge in [0.1, 0.15) is 6.10 Å². The first-order chi connectivity index (χ1) is 31.2. The molecule has 0 saturated heterocycles. The molecular weight excluding hydrogens is 773 g/mol. The van der Waals surface area contributed by atoms with Gasteiger partial charge in [-0.15, -0.1) is 0 Å². The number of unbranched alkanes of at least 4 members (excludes halogenated alkanes) is 22. The highest BCUT2D eigenvalue weighted by atomic mass is 16.6. The summed E-state index contributed by atoms with van der Waals surface area (Å²) in [5.74, 6) is -0.219. The smallest absolute Gasteiger partial charge is 0.306 e. The van der Waals surface area contributed by atoms with Crippen LogP contribution in [0.3, 0.4) is 0 Å². The van der Waals surface area contributed by atoms with Gasteiger partial charge < -0.3 is 14.6 Å². The van der Waals surface area contributed by atoms with E-state index in [2.05, 4.69) is 123 Å². The summed E-state index contributed by atoms with van der Waals surface area (Å²) in [5.41, 5.74) is 0. The van der Waals surface area contributed by atoms with Crippen LogP contribution in [-0.4, -0.2) is 37.0 Å². The number of aliphatic hydroxyl groups excluding tert-OH is 1. The summed E-state index contributed by atoms with van der Waals surface area (Å²) >= 11 is 0. The average Bonchev–Trinajstić information content (AvgIpc) is 3.29. The van der Waals surface area contributed by atoms with Gasteiger partial charge in [-0.05, 0) is 103 Å². The molecule has 4 heteroatoms. The molecule has 0 radical (unpaired) electrons. The maximum Gasteiger partial charge on any atom is 0.306 e. The highest BCUT2D eigenvalue weighted by Gasteiger charge is 2.13. The van der Waals surface area contributed by atoms with Gasteiger partial charge in [0.25, 0.3) is 0 Å². The fourth-order valence-electron chi connectivity index (χ4n) is 7.16. The number of ether oxygens (including phenoxy) is 2. The number of hydrogen-bond donors (Lipinski definition) is 1. The molecule has 63 heavy (non-hydrogen) atoms. The topological polar surface area (TPSA) is 55.8 Å². The quantitative estimate of drug-likeness (QED) is 0.0376. The molecule has 0 spiro atoms. The molecule has 0 aromatic rings. The predicted molar refractivity (Wildman–Crippen MR) is 278 cm³/mol. The minimum Gasteiger partial charge on any atom is -0.457 e. The van der Waals surface area contributed by atoms with E-state index in [4.69, 9.17) is 9.47 Å². The molecule has 0 aliphatic carbocycles. The summed E-state index contributed by atoms with van der Waals surface area (Å²) in [6.45, 7) is 5.20. The van der Waals surface area contributed by atoms with Crippen LogP contribution in [0.4, 0.5) is 0 Å². The average molecular weight is 873 g/mol. The van der Waals surface area contributed by atoms with E-state index < -0.39 is 6.10 Å². The van der Waals surface area contributed by atoms with Crippen molar-refractivity contribution in [3.05, 3.63) is 109 Å². The molecule has 0 amide bonds. The summed E-state index contributed by atoms with van der Waals surface area (Å²) in [7, 11) is 0. The first-order valence-electron chi connectivity index (χ1n) is 26.5. The van der Waals surface area contributed by atoms with Crippen LogP contribution < -0.4 is 0 Å². The lowest BCUT2D eigenvalue weighted by molar-refractivity contribution is -0.154. The Labute approximate surface area is 391 Å². The van der Waals surface area contributed by atoms with Crippen molar-refractivity contribution < 1.29 is 19.4 Å². The van der Waals surface area contributed by atoms with Gasteiger partial charge in [0.05, 0.1) is 13.2 Å². The Bertz CT molecular complexity index is 1200. The summed E-state index contributed by atoms with van der Waals surface area (Å²) in [6, 6.07) is 0. The van der Waals surface area contributed by atoms with E-state index in [0.29, 0.717) is 13.0 Å². The fourth-order valence-corrected chi connectivity index (χ4v) is 7.16. The van der Waals surface area contributed by atoms with Gasteiger partial charge in [0.2, 0.25) is 0 Å². The lowest BCUT2D eigenvalue weighted by Gasteiger charge is -2.16. The van der Waals surface area contributed by atoms with Gasteiger partial charge in [0.15, 0.2) is 0 Å². The normalized spacial score (nSPS) is 13.3. The lowest BCUT2D eigenvalue weighted by Crippen LogP contribution is -2.27. The van der Waals surface area contributed by atoms with E-state index in [9.17, 15) is 9.90 Å². The van der Waals surface area contributed by atoms with Gasteiger partial charge in [-0.1, -0.05) is 232 Å². The van der Waals surface area contributed by atoms with E-state index in [1.54, 1.807) is 0 Å². The third-order valence-corrected chi connectivity index (χ3v) is 11.1. The third kappa shape index (κ3) is 53.3. The van der Waals surface area contributed by atoms with Crippen LogP contribution in [0.1, 0.15) is 232 Å². The van der Waals surface area contributed by atoms with E-state index in [1.165, 1.54) is 128 Å². The largest absolute Gasteiger partial charge is 0.457 e. The number of esters is 1. The zero-order chi connectivity index (χ0) is 45.5. The second-order valence-corrected chi connectivity index (χ2v) is 17.2. The van der Waals surface area contributed by atoms with Crippen LogP contribution in [0.2, 0.25) is 0 Å². The Balaban J connectivity index is 3.50. The van der Waals surface area contributed by atoms with Gasteiger partial charge >= 0.3 is 5.97 Å². The zero-order valence-corrected chi connectivity index (χ0v) is 41.3.